The highest BCUT2D eigenvalue weighted by molar-refractivity contribution is 8.18. The Morgan fingerprint density at radius 1 is 1.03 bits per heavy atom. The number of aryl methyl sites for hydroxylation is 1. The van der Waals surface area contributed by atoms with E-state index in [4.69, 9.17) is 25.8 Å². The zero-order chi connectivity index (χ0) is 25.7. The summed E-state index contributed by atoms with van der Waals surface area (Å²) in [4.78, 5) is 39.3. The van der Waals surface area contributed by atoms with Crippen LogP contribution in [0.4, 0.5) is 4.79 Å². The number of rotatable bonds is 8. The van der Waals surface area contributed by atoms with Crippen LogP contribution in [0.2, 0.25) is 5.02 Å². The molecule has 2 amide bonds. The molecule has 0 radical (unpaired) electrons. The highest BCUT2D eigenvalue weighted by Crippen LogP contribution is 2.35. The molecular formula is C27H22ClNO6S. The Morgan fingerprint density at radius 3 is 2.58 bits per heavy atom. The van der Waals surface area contributed by atoms with E-state index in [9.17, 15) is 14.4 Å². The van der Waals surface area contributed by atoms with Gasteiger partial charge in [0.05, 0.1) is 24.1 Å². The number of nitrogens with zero attached hydrogens (tertiary/aromatic N) is 1. The van der Waals surface area contributed by atoms with Crippen molar-refractivity contribution in [2.75, 3.05) is 20.3 Å². The van der Waals surface area contributed by atoms with E-state index in [1.807, 2.05) is 31.2 Å². The number of carbonyl (C=O) groups is 3. The molecule has 1 aliphatic rings. The molecule has 0 spiro atoms. The Bertz CT molecular complexity index is 1360. The number of halogens is 1. The topological polar surface area (TPSA) is 82.1 Å². The highest BCUT2D eigenvalue weighted by Gasteiger charge is 2.34. The zero-order valence-electron chi connectivity index (χ0n) is 19.5. The summed E-state index contributed by atoms with van der Waals surface area (Å²) in [7, 11) is 1.45. The molecule has 1 saturated heterocycles. The summed E-state index contributed by atoms with van der Waals surface area (Å²) in [6, 6.07) is 18.8. The molecule has 1 aliphatic heterocycles. The smallest absolute Gasteiger partial charge is 0.343 e. The molecule has 36 heavy (non-hydrogen) atoms. The van der Waals surface area contributed by atoms with E-state index in [0.29, 0.717) is 22.1 Å². The molecule has 3 aromatic rings. The molecule has 0 saturated carbocycles. The Morgan fingerprint density at radius 2 is 1.83 bits per heavy atom. The fraction of sp³-hybridized carbons (Fsp3) is 0.148. The number of thioether (sulfide) groups is 1. The van der Waals surface area contributed by atoms with Crippen molar-refractivity contribution in [2.24, 2.45) is 0 Å². The van der Waals surface area contributed by atoms with Crippen molar-refractivity contribution in [3.8, 4) is 17.2 Å². The van der Waals surface area contributed by atoms with Crippen LogP contribution in [0.3, 0.4) is 0 Å². The maximum Gasteiger partial charge on any atom is 0.343 e. The van der Waals surface area contributed by atoms with Crippen LogP contribution in [0, 0.1) is 6.92 Å². The number of imide groups is 1. The lowest BCUT2D eigenvalue weighted by atomic mass is 10.1. The lowest BCUT2D eigenvalue weighted by Gasteiger charge is -2.13. The Labute approximate surface area is 217 Å². The van der Waals surface area contributed by atoms with E-state index in [2.05, 4.69) is 0 Å². The van der Waals surface area contributed by atoms with E-state index in [0.717, 1.165) is 22.2 Å². The second-order valence-corrected chi connectivity index (χ2v) is 9.24. The molecule has 0 aromatic heterocycles. The molecule has 0 atom stereocenters. The average molecular weight is 524 g/mol. The Hall–Kier alpha value is -3.75. The number of hydrogen-bond acceptors (Lipinski definition) is 7. The van der Waals surface area contributed by atoms with Crippen molar-refractivity contribution in [1.29, 1.82) is 0 Å². The minimum absolute atomic E-state index is 0.126. The normalized spacial score (nSPS) is 14.3. The molecule has 9 heteroatoms. The van der Waals surface area contributed by atoms with Crippen molar-refractivity contribution in [3.05, 3.63) is 93.3 Å². The summed E-state index contributed by atoms with van der Waals surface area (Å²) >= 11 is 6.81. The molecule has 3 aromatic carbocycles. The van der Waals surface area contributed by atoms with Crippen LogP contribution in [-0.4, -0.2) is 42.3 Å². The average Bonchev–Trinajstić information content (AvgIpc) is 3.11. The van der Waals surface area contributed by atoms with Crippen molar-refractivity contribution in [2.45, 2.75) is 6.92 Å². The van der Waals surface area contributed by atoms with Crippen LogP contribution in [-0.2, 0) is 4.79 Å². The van der Waals surface area contributed by atoms with Crippen molar-refractivity contribution < 1.29 is 28.6 Å². The van der Waals surface area contributed by atoms with Gasteiger partial charge in [-0.25, -0.2) is 4.79 Å². The van der Waals surface area contributed by atoms with Gasteiger partial charge in [0.25, 0.3) is 11.1 Å². The Kier molecular flexibility index (Phi) is 7.97. The molecular weight excluding hydrogens is 502 g/mol. The van der Waals surface area contributed by atoms with Crippen molar-refractivity contribution in [3.63, 3.8) is 0 Å². The molecule has 1 heterocycles. The van der Waals surface area contributed by atoms with Gasteiger partial charge >= 0.3 is 5.97 Å². The van der Waals surface area contributed by atoms with Gasteiger partial charge in [-0.1, -0.05) is 35.9 Å². The van der Waals surface area contributed by atoms with Crippen LogP contribution in [0.1, 0.15) is 21.5 Å². The maximum atomic E-state index is 12.9. The van der Waals surface area contributed by atoms with Crippen LogP contribution >= 0.6 is 23.4 Å². The second-order valence-electron chi connectivity index (χ2n) is 7.81. The van der Waals surface area contributed by atoms with E-state index >= 15 is 0 Å². The van der Waals surface area contributed by atoms with Gasteiger partial charge < -0.3 is 14.2 Å². The summed E-state index contributed by atoms with van der Waals surface area (Å²) < 4.78 is 16.5. The van der Waals surface area contributed by atoms with Crippen LogP contribution < -0.4 is 14.2 Å². The van der Waals surface area contributed by atoms with E-state index in [-0.39, 0.29) is 34.6 Å². The predicted molar refractivity (Wildman–Crippen MR) is 139 cm³/mol. The van der Waals surface area contributed by atoms with Gasteiger partial charge in [0.2, 0.25) is 0 Å². The molecule has 0 N–H and O–H groups in total. The first-order chi connectivity index (χ1) is 17.3. The first-order valence-electron chi connectivity index (χ1n) is 10.9. The van der Waals surface area contributed by atoms with Crippen molar-refractivity contribution in [1.82, 2.24) is 4.90 Å². The Balaban J connectivity index is 1.46. The van der Waals surface area contributed by atoms with Gasteiger partial charge in [0.1, 0.15) is 12.4 Å². The minimum atomic E-state index is -0.609. The van der Waals surface area contributed by atoms with Gasteiger partial charge in [-0.05, 0) is 78.4 Å². The number of amides is 2. The first kappa shape index (κ1) is 25.3. The molecule has 0 bridgehead atoms. The largest absolute Gasteiger partial charge is 0.493 e. The van der Waals surface area contributed by atoms with Gasteiger partial charge in [0.15, 0.2) is 11.5 Å². The quantitative estimate of drug-likeness (QED) is 0.204. The number of ether oxygens (including phenoxy) is 3. The summed E-state index contributed by atoms with van der Waals surface area (Å²) in [6.07, 6.45) is 1.57. The van der Waals surface area contributed by atoms with Crippen molar-refractivity contribution >= 4 is 46.6 Å². The van der Waals surface area contributed by atoms with Gasteiger partial charge in [-0.2, -0.15) is 0 Å². The first-order valence-corrected chi connectivity index (χ1v) is 12.1. The standard InChI is InChI=1S/C27H22ClNO6S/c1-17-5-3-8-21(13-17)34-12-11-29-25(30)24(36-27(29)32)15-18-9-10-22(33-2)23(14-18)35-26(31)19-6-4-7-20(28)16-19/h3-10,13-16H,11-12H2,1-2H3/b24-15-. The molecule has 4 rings (SSSR count). The van der Waals surface area contributed by atoms with Gasteiger partial charge in [-0.15, -0.1) is 0 Å². The molecule has 0 aliphatic carbocycles. The predicted octanol–water partition coefficient (Wildman–Crippen LogP) is 5.99. The third-order valence-electron chi connectivity index (χ3n) is 5.20. The highest BCUT2D eigenvalue weighted by atomic mass is 35.5. The number of carbonyl (C=O) groups excluding carboxylic acids is 3. The summed E-state index contributed by atoms with van der Waals surface area (Å²) in [5.74, 6) is 0.162. The van der Waals surface area contributed by atoms with E-state index in [1.165, 1.54) is 13.2 Å². The number of esters is 1. The molecule has 1 fully saturated rings. The third kappa shape index (κ3) is 6.08. The minimum Gasteiger partial charge on any atom is -0.493 e. The van der Waals surface area contributed by atoms with E-state index < -0.39 is 11.9 Å². The summed E-state index contributed by atoms with van der Waals surface area (Å²) in [5, 5.41) is 0.0328. The summed E-state index contributed by atoms with van der Waals surface area (Å²) in [5.41, 5.74) is 1.90. The van der Waals surface area contributed by atoms with Crippen LogP contribution in [0.5, 0.6) is 17.2 Å². The van der Waals surface area contributed by atoms with Gasteiger partial charge in [-0.3, -0.25) is 14.5 Å². The number of hydrogen-bond donors (Lipinski definition) is 0. The van der Waals surface area contributed by atoms with E-state index in [1.54, 1.807) is 42.5 Å². The molecule has 184 valence electrons. The second kappa shape index (κ2) is 11.3. The fourth-order valence-corrected chi connectivity index (χ4v) is 4.50. The molecule has 0 unspecified atom stereocenters. The van der Waals surface area contributed by atoms with Crippen LogP contribution in [0.15, 0.2) is 71.6 Å². The lowest BCUT2D eigenvalue weighted by Crippen LogP contribution is -2.32. The zero-order valence-corrected chi connectivity index (χ0v) is 21.1. The summed E-state index contributed by atoms with van der Waals surface area (Å²) in [6.45, 7) is 2.26. The van der Waals surface area contributed by atoms with Crippen LogP contribution in [0.25, 0.3) is 6.08 Å². The number of benzene rings is 3. The lowest BCUT2D eigenvalue weighted by molar-refractivity contribution is -0.123. The number of methoxy groups -OCH3 is 1. The fourth-order valence-electron chi connectivity index (χ4n) is 3.44. The van der Waals surface area contributed by atoms with Gasteiger partial charge in [0, 0.05) is 5.02 Å². The monoisotopic (exact) mass is 523 g/mol. The molecule has 7 nitrogen and oxygen atoms in total. The maximum absolute atomic E-state index is 12.9. The third-order valence-corrected chi connectivity index (χ3v) is 6.34. The SMILES string of the molecule is COc1ccc(/C=C2\SC(=O)N(CCOc3cccc(C)c3)C2=O)cc1OC(=O)c1cccc(Cl)c1.